The van der Waals surface area contributed by atoms with Crippen LogP contribution < -0.4 is 5.32 Å². The van der Waals surface area contributed by atoms with E-state index in [4.69, 9.17) is 11.6 Å². The Kier molecular flexibility index (Phi) is 6.68. The summed E-state index contributed by atoms with van der Waals surface area (Å²) in [6.45, 7) is 4.22. The number of aliphatic carboxylic acids is 1. The first-order chi connectivity index (χ1) is 15.0. The van der Waals surface area contributed by atoms with Crippen LogP contribution in [0.25, 0.3) is 0 Å². The normalized spacial score (nSPS) is 23.2. The van der Waals surface area contributed by atoms with Crippen molar-refractivity contribution < 1.29 is 34.8 Å². The van der Waals surface area contributed by atoms with Gasteiger partial charge in [0.25, 0.3) is 5.91 Å². The van der Waals surface area contributed by atoms with Crippen molar-refractivity contribution in [2.24, 2.45) is 11.8 Å². The largest absolute Gasteiger partial charge is 0.504 e. The number of carbonyl (C=O) groups excluding carboxylic acids is 2. The number of aromatic hydroxyl groups is 2. The maximum atomic E-state index is 12.4. The topological polar surface area (TPSA) is 151 Å². The number of hydrogen-bond acceptors (Lipinski definition) is 7. The van der Waals surface area contributed by atoms with Crippen LogP contribution in [0.4, 0.5) is 0 Å². The lowest BCUT2D eigenvalue weighted by Crippen LogP contribution is -2.63. The summed E-state index contributed by atoms with van der Waals surface area (Å²) in [6.07, 6.45) is -0.861. The number of carboxylic acids is 1. The number of β-lactam (4-membered cyclic amide) rings is 1. The van der Waals surface area contributed by atoms with E-state index in [1.54, 1.807) is 7.05 Å². The highest BCUT2D eigenvalue weighted by atomic mass is 35.5. The summed E-state index contributed by atoms with van der Waals surface area (Å²) in [6, 6.07) is 2.08. The molecule has 2 amide bonds. The summed E-state index contributed by atoms with van der Waals surface area (Å²) >= 11 is 5.90. The van der Waals surface area contributed by atoms with E-state index < -0.39 is 35.4 Å². The summed E-state index contributed by atoms with van der Waals surface area (Å²) in [5.74, 6) is -3.95. The fourth-order valence-electron chi connectivity index (χ4n) is 4.41. The monoisotopic (exact) mass is 467 g/mol. The number of carboxylic acid groups (broad SMARTS) is 1. The van der Waals surface area contributed by atoms with Gasteiger partial charge in [0.05, 0.1) is 28.6 Å². The molecule has 5 N–H and O–H groups in total. The Morgan fingerprint density at radius 2 is 1.97 bits per heavy atom. The number of phenols is 2. The van der Waals surface area contributed by atoms with Gasteiger partial charge in [-0.3, -0.25) is 9.59 Å². The van der Waals surface area contributed by atoms with Crippen LogP contribution in [0.1, 0.15) is 24.2 Å². The molecule has 174 valence electrons. The Morgan fingerprint density at radius 3 is 2.56 bits per heavy atom. The third kappa shape index (κ3) is 4.01. The van der Waals surface area contributed by atoms with Crippen LogP contribution in [-0.2, 0) is 9.59 Å². The minimum atomic E-state index is -1.18. The number of amides is 2. The van der Waals surface area contributed by atoms with Crippen molar-refractivity contribution in [2.45, 2.75) is 26.0 Å². The Labute approximate surface area is 189 Å². The molecular formula is C21H26ClN3O7. The summed E-state index contributed by atoms with van der Waals surface area (Å²) in [4.78, 5) is 39.7. The number of fused-ring (bicyclic) bond motifs is 1. The molecule has 0 radical (unpaired) electrons. The lowest BCUT2D eigenvalue weighted by Gasteiger charge is -2.46. The number of aliphatic hydroxyl groups excluding tert-OH is 1. The maximum Gasteiger partial charge on any atom is 0.352 e. The molecule has 1 aromatic carbocycles. The third-order valence-corrected chi connectivity index (χ3v) is 6.46. The second-order valence-electron chi connectivity index (χ2n) is 8.22. The van der Waals surface area contributed by atoms with Gasteiger partial charge in [-0.15, -0.1) is 0 Å². The molecule has 2 aliphatic rings. The molecule has 1 aromatic rings. The molecule has 1 unspecified atom stereocenters. The molecule has 0 saturated carbocycles. The fraction of sp³-hybridized carbons (Fsp3) is 0.476. The van der Waals surface area contributed by atoms with Gasteiger partial charge in [0.1, 0.15) is 5.70 Å². The first-order valence-electron chi connectivity index (χ1n) is 10.1. The summed E-state index contributed by atoms with van der Waals surface area (Å²) < 4.78 is 0. The van der Waals surface area contributed by atoms with E-state index in [2.05, 4.69) is 5.32 Å². The van der Waals surface area contributed by atoms with E-state index in [1.807, 2.05) is 11.8 Å². The molecular weight excluding hydrogens is 442 g/mol. The van der Waals surface area contributed by atoms with E-state index >= 15 is 0 Å². The van der Waals surface area contributed by atoms with Crippen molar-refractivity contribution in [3.05, 3.63) is 34.0 Å². The number of hydrogen-bond donors (Lipinski definition) is 5. The first kappa shape index (κ1) is 23.8. The number of halogens is 1. The molecule has 1 fully saturated rings. The zero-order valence-corrected chi connectivity index (χ0v) is 18.6. The van der Waals surface area contributed by atoms with Gasteiger partial charge < -0.3 is 35.5 Å². The number of phenolic OH excluding ortho intramolecular Hbond substituents is 2. The van der Waals surface area contributed by atoms with Crippen molar-refractivity contribution in [1.29, 1.82) is 0 Å². The molecule has 2 heterocycles. The van der Waals surface area contributed by atoms with Gasteiger partial charge >= 0.3 is 5.97 Å². The summed E-state index contributed by atoms with van der Waals surface area (Å²) in [7, 11) is 1.76. The van der Waals surface area contributed by atoms with Crippen LogP contribution in [0.3, 0.4) is 0 Å². The van der Waals surface area contributed by atoms with E-state index in [0.29, 0.717) is 12.1 Å². The Bertz CT molecular complexity index is 994. The summed E-state index contributed by atoms with van der Waals surface area (Å²) in [5, 5.41) is 41.1. The predicted octanol–water partition coefficient (Wildman–Crippen LogP) is 0.609. The van der Waals surface area contributed by atoms with Gasteiger partial charge in [0.2, 0.25) is 5.91 Å². The average Bonchev–Trinajstić information content (AvgIpc) is 2.94. The number of benzene rings is 1. The highest BCUT2D eigenvalue weighted by Crippen LogP contribution is 2.47. The number of rotatable bonds is 8. The number of nitrogens with one attached hydrogen (secondary N) is 1. The van der Waals surface area contributed by atoms with Crippen LogP contribution >= 0.6 is 11.6 Å². The van der Waals surface area contributed by atoms with Crippen molar-refractivity contribution in [1.82, 2.24) is 15.1 Å². The first-order valence-corrected chi connectivity index (χ1v) is 10.5. The highest BCUT2D eigenvalue weighted by Gasteiger charge is 2.59. The van der Waals surface area contributed by atoms with Gasteiger partial charge in [0.15, 0.2) is 11.5 Å². The molecule has 0 aliphatic carbocycles. The Balaban J connectivity index is 1.63. The number of aliphatic hydroxyl groups is 1. The standard InChI is InChI=1S/C21H26ClN3O7/c1-9-12(17(21(31)32)25-16(9)14(10(2)26)20(25)30)8-24(3)7-6-23-19(29)11-4-5-13(27)18(28)15(11)22/h4-5,9-10,14,16,26-28H,6-8H2,1-3H3,(H,23,29)(H,31,32)/t9-,10+,14+,16?/m0/s1. The average molecular weight is 468 g/mol. The molecule has 32 heavy (non-hydrogen) atoms. The minimum Gasteiger partial charge on any atom is -0.504 e. The second kappa shape index (κ2) is 8.97. The van der Waals surface area contributed by atoms with Crippen LogP contribution in [0, 0.1) is 11.8 Å². The van der Waals surface area contributed by atoms with Gasteiger partial charge in [0, 0.05) is 25.6 Å². The van der Waals surface area contributed by atoms with Crippen molar-refractivity contribution in [2.75, 3.05) is 26.7 Å². The zero-order valence-electron chi connectivity index (χ0n) is 17.9. The smallest absolute Gasteiger partial charge is 0.352 e. The minimum absolute atomic E-state index is 0.0111. The van der Waals surface area contributed by atoms with Gasteiger partial charge in [-0.2, -0.15) is 0 Å². The zero-order chi connectivity index (χ0) is 23.9. The molecule has 0 spiro atoms. The van der Waals surface area contributed by atoms with E-state index in [-0.39, 0.29) is 47.2 Å². The highest BCUT2D eigenvalue weighted by molar-refractivity contribution is 6.35. The maximum absolute atomic E-state index is 12.4. The van der Waals surface area contributed by atoms with Crippen LogP contribution in [0.15, 0.2) is 23.4 Å². The van der Waals surface area contributed by atoms with Gasteiger partial charge in [-0.1, -0.05) is 18.5 Å². The Hall–Kier alpha value is -2.82. The Morgan fingerprint density at radius 1 is 1.31 bits per heavy atom. The second-order valence-corrected chi connectivity index (χ2v) is 8.60. The quantitative estimate of drug-likeness (QED) is 0.275. The molecule has 0 bridgehead atoms. The molecule has 10 nitrogen and oxygen atoms in total. The predicted molar refractivity (Wildman–Crippen MR) is 114 cm³/mol. The molecule has 11 heteroatoms. The molecule has 3 rings (SSSR count). The van der Waals surface area contributed by atoms with Crippen molar-refractivity contribution in [3.63, 3.8) is 0 Å². The lowest BCUT2D eigenvalue weighted by molar-refractivity contribution is -0.163. The van der Waals surface area contributed by atoms with Crippen LogP contribution in [0.5, 0.6) is 11.5 Å². The number of nitrogens with zero attached hydrogens (tertiary/aromatic N) is 2. The van der Waals surface area contributed by atoms with Gasteiger partial charge in [-0.05, 0) is 31.7 Å². The number of likely N-dealkylation sites (N-methyl/N-ethyl adjacent to an activating group) is 1. The molecule has 2 aliphatic heterocycles. The SMILES string of the molecule is C[C@H]1C(CN(C)CCNC(=O)c2ccc(O)c(O)c2Cl)=C(C(=O)O)N2C(=O)[C@H]([C@@H](C)O)C12. The van der Waals surface area contributed by atoms with Crippen molar-refractivity contribution >= 4 is 29.4 Å². The summed E-state index contributed by atoms with van der Waals surface area (Å²) in [5.41, 5.74) is 0.572. The third-order valence-electron chi connectivity index (χ3n) is 6.08. The van der Waals surface area contributed by atoms with E-state index in [9.17, 15) is 34.8 Å². The molecule has 0 aromatic heterocycles. The lowest BCUT2D eigenvalue weighted by atomic mass is 9.77. The van der Waals surface area contributed by atoms with E-state index in [1.165, 1.54) is 17.9 Å². The van der Waals surface area contributed by atoms with Crippen molar-refractivity contribution in [3.8, 4) is 11.5 Å². The molecule has 4 atom stereocenters. The van der Waals surface area contributed by atoms with Crippen LogP contribution in [0.2, 0.25) is 5.02 Å². The van der Waals surface area contributed by atoms with Gasteiger partial charge in [-0.25, -0.2) is 4.79 Å². The van der Waals surface area contributed by atoms with Crippen LogP contribution in [-0.4, -0.2) is 86.8 Å². The van der Waals surface area contributed by atoms with E-state index in [0.717, 1.165) is 6.07 Å². The fourth-order valence-corrected chi connectivity index (χ4v) is 4.65. The number of carbonyl (C=O) groups is 3. The molecule has 1 saturated heterocycles.